The Labute approximate surface area is 93.4 Å². The number of nitrogens with zero attached hydrogens (tertiary/aromatic N) is 1. The minimum absolute atomic E-state index is 0.326. The van der Waals surface area contributed by atoms with Crippen LogP contribution in [0.5, 0.6) is 0 Å². The lowest BCUT2D eigenvalue weighted by Crippen LogP contribution is -2.44. The first-order valence-corrected chi connectivity index (χ1v) is 6.19. The second kappa shape index (κ2) is 7.20. The number of β-amino-alcohol motifs (C(OH)–C–C–N with tert-alkyl or cyclic N) is 1. The number of methoxy groups -OCH3 is 1. The molecular weight excluding hydrogens is 190 g/mol. The summed E-state index contributed by atoms with van der Waals surface area (Å²) in [6, 6.07) is 0.690. The van der Waals surface area contributed by atoms with Gasteiger partial charge in [0.25, 0.3) is 0 Å². The third kappa shape index (κ3) is 4.49. The zero-order chi connectivity index (χ0) is 11.1. The molecule has 0 saturated carbocycles. The van der Waals surface area contributed by atoms with Crippen LogP contribution in [-0.2, 0) is 4.74 Å². The van der Waals surface area contributed by atoms with E-state index in [-0.39, 0.29) is 6.10 Å². The molecule has 0 aliphatic carbocycles. The topological polar surface area (TPSA) is 32.7 Å². The first-order chi connectivity index (χ1) is 7.27. The molecule has 1 aliphatic rings. The molecule has 1 N–H and O–H groups in total. The lowest BCUT2D eigenvalue weighted by molar-refractivity contribution is 0.0165. The number of hydrogen-bond donors (Lipinski definition) is 1. The van der Waals surface area contributed by atoms with Gasteiger partial charge in [0, 0.05) is 19.7 Å². The number of likely N-dealkylation sites (tertiary alicyclic amines) is 1. The summed E-state index contributed by atoms with van der Waals surface area (Å²) < 4.78 is 4.96. The molecule has 2 unspecified atom stereocenters. The summed E-state index contributed by atoms with van der Waals surface area (Å²) in [5.41, 5.74) is 0. The number of ether oxygens (including phenoxy) is 1. The molecule has 2 atom stereocenters. The average molecular weight is 215 g/mol. The van der Waals surface area contributed by atoms with E-state index in [0.29, 0.717) is 12.6 Å². The normalized spacial score (nSPS) is 25.4. The van der Waals surface area contributed by atoms with E-state index in [1.165, 1.54) is 32.1 Å². The molecule has 0 spiro atoms. The van der Waals surface area contributed by atoms with Crippen LogP contribution >= 0.6 is 0 Å². The molecule has 1 rings (SSSR count). The summed E-state index contributed by atoms with van der Waals surface area (Å²) in [5.74, 6) is 0. The molecule has 3 nitrogen and oxygen atoms in total. The smallest absolute Gasteiger partial charge is 0.0900 e. The molecular formula is C12H25NO2. The van der Waals surface area contributed by atoms with E-state index in [0.717, 1.165) is 13.1 Å². The first-order valence-electron chi connectivity index (χ1n) is 6.19. The Hall–Kier alpha value is -0.120. The van der Waals surface area contributed by atoms with Gasteiger partial charge in [0.05, 0.1) is 12.7 Å². The van der Waals surface area contributed by atoms with Crippen LogP contribution in [0.4, 0.5) is 0 Å². The van der Waals surface area contributed by atoms with Gasteiger partial charge >= 0.3 is 0 Å². The van der Waals surface area contributed by atoms with E-state index >= 15 is 0 Å². The third-order valence-corrected chi connectivity index (χ3v) is 3.18. The molecule has 1 saturated heterocycles. The fourth-order valence-corrected chi connectivity index (χ4v) is 2.48. The molecule has 1 aliphatic heterocycles. The fourth-order valence-electron chi connectivity index (χ4n) is 2.48. The molecule has 1 fully saturated rings. The summed E-state index contributed by atoms with van der Waals surface area (Å²) in [7, 11) is 1.64. The summed E-state index contributed by atoms with van der Waals surface area (Å²) in [5, 5.41) is 9.72. The minimum Gasteiger partial charge on any atom is -0.389 e. The minimum atomic E-state index is -0.326. The van der Waals surface area contributed by atoms with Gasteiger partial charge in [-0.15, -0.1) is 0 Å². The third-order valence-electron chi connectivity index (χ3n) is 3.18. The fraction of sp³-hybridized carbons (Fsp3) is 1.00. The second-order valence-electron chi connectivity index (χ2n) is 4.54. The SMILES string of the molecule is CCCC1CCCCN1CC(O)COC. The maximum atomic E-state index is 9.72. The van der Waals surface area contributed by atoms with E-state index in [1.54, 1.807) is 7.11 Å². The molecule has 3 heteroatoms. The number of aliphatic hydroxyl groups is 1. The van der Waals surface area contributed by atoms with Gasteiger partial charge in [-0.25, -0.2) is 0 Å². The molecule has 0 bridgehead atoms. The number of aliphatic hydroxyl groups excluding tert-OH is 1. The van der Waals surface area contributed by atoms with Crippen molar-refractivity contribution in [3.05, 3.63) is 0 Å². The van der Waals surface area contributed by atoms with Gasteiger partial charge in [-0.3, -0.25) is 4.90 Å². The number of hydrogen-bond acceptors (Lipinski definition) is 3. The Morgan fingerprint density at radius 2 is 2.27 bits per heavy atom. The highest BCUT2D eigenvalue weighted by Crippen LogP contribution is 2.20. The zero-order valence-electron chi connectivity index (χ0n) is 10.1. The Morgan fingerprint density at radius 1 is 1.47 bits per heavy atom. The Balaban J connectivity index is 2.34. The molecule has 15 heavy (non-hydrogen) atoms. The molecule has 0 aromatic carbocycles. The molecule has 1 heterocycles. The lowest BCUT2D eigenvalue weighted by Gasteiger charge is -2.36. The van der Waals surface area contributed by atoms with Gasteiger partial charge in [0.15, 0.2) is 0 Å². The van der Waals surface area contributed by atoms with E-state index < -0.39 is 0 Å². The van der Waals surface area contributed by atoms with Crippen molar-refractivity contribution in [3.8, 4) is 0 Å². The van der Waals surface area contributed by atoms with Crippen molar-refractivity contribution in [1.82, 2.24) is 4.90 Å². The van der Waals surface area contributed by atoms with Gasteiger partial charge < -0.3 is 9.84 Å². The lowest BCUT2D eigenvalue weighted by atomic mass is 9.98. The maximum Gasteiger partial charge on any atom is 0.0900 e. The van der Waals surface area contributed by atoms with Crippen LogP contribution in [0.15, 0.2) is 0 Å². The molecule has 0 aromatic heterocycles. The van der Waals surface area contributed by atoms with Gasteiger partial charge in [0.1, 0.15) is 0 Å². The highest BCUT2D eigenvalue weighted by molar-refractivity contribution is 4.78. The van der Waals surface area contributed by atoms with Crippen LogP contribution in [0.2, 0.25) is 0 Å². The van der Waals surface area contributed by atoms with Crippen LogP contribution in [0.3, 0.4) is 0 Å². The summed E-state index contributed by atoms with van der Waals surface area (Å²) in [6.07, 6.45) is 6.10. The monoisotopic (exact) mass is 215 g/mol. The standard InChI is InChI=1S/C12H25NO2/c1-3-6-11-7-4-5-8-13(11)9-12(14)10-15-2/h11-12,14H,3-10H2,1-2H3. The largest absolute Gasteiger partial charge is 0.389 e. The first kappa shape index (κ1) is 12.9. The van der Waals surface area contributed by atoms with Gasteiger partial charge in [-0.2, -0.15) is 0 Å². The summed E-state index contributed by atoms with van der Waals surface area (Å²) >= 11 is 0. The van der Waals surface area contributed by atoms with E-state index in [2.05, 4.69) is 11.8 Å². The average Bonchev–Trinajstić information content (AvgIpc) is 2.21. The van der Waals surface area contributed by atoms with Gasteiger partial charge in [0.2, 0.25) is 0 Å². The van der Waals surface area contributed by atoms with Crippen molar-refractivity contribution in [1.29, 1.82) is 0 Å². The van der Waals surface area contributed by atoms with Crippen molar-refractivity contribution in [3.63, 3.8) is 0 Å². The summed E-state index contributed by atoms with van der Waals surface area (Å²) in [6.45, 7) is 4.61. The molecule has 0 aromatic rings. The van der Waals surface area contributed by atoms with Crippen LogP contribution in [0.1, 0.15) is 39.0 Å². The quantitative estimate of drug-likeness (QED) is 0.731. The maximum absolute atomic E-state index is 9.72. The highest BCUT2D eigenvalue weighted by Gasteiger charge is 2.23. The Morgan fingerprint density at radius 3 is 2.93 bits per heavy atom. The number of rotatable bonds is 6. The van der Waals surface area contributed by atoms with Crippen molar-refractivity contribution < 1.29 is 9.84 Å². The molecule has 90 valence electrons. The predicted molar refractivity (Wildman–Crippen MR) is 62.0 cm³/mol. The molecule has 0 radical (unpaired) electrons. The van der Waals surface area contributed by atoms with Crippen molar-refractivity contribution in [2.45, 2.75) is 51.2 Å². The second-order valence-corrected chi connectivity index (χ2v) is 4.54. The van der Waals surface area contributed by atoms with Gasteiger partial charge in [-0.05, 0) is 25.8 Å². The van der Waals surface area contributed by atoms with Crippen LogP contribution < -0.4 is 0 Å². The van der Waals surface area contributed by atoms with E-state index in [1.807, 2.05) is 0 Å². The van der Waals surface area contributed by atoms with Crippen molar-refractivity contribution in [2.75, 3.05) is 26.8 Å². The Bertz CT molecular complexity index is 162. The van der Waals surface area contributed by atoms with Crippen LogP contribution in [0.25, 0.3) is 0 Å². The number of piperidine rings is 1. The zero-order valence-corrected chi connectivity index (χ0v) is 10.1. The Kier molecular flexibility index (Phi) is 6.22. The van der Waals surface area contributed by atoms with Crippen LogP contribution in [-0.4, -0.2) is 49.0 Å². The summed E-state index contributed by atoms with van der Waals surface area (Å²) in [4.78, 5) is 2.44. The van der Waals surface area contributed by atoms with Crippen LogP contribution in [0, 0.1) is 0 Å². The van der Waals surface area contributed by atoms with Crippen molar-refractivity contribution >= 4 is 0 Å². The van der Waals surface area contributed by atoms with E-state index in [9.17, 15) is 5.11 Å². The highest BCUT2D eigenvalue weighted by atomic mass is 16.5. The van der Waals surface area contributed by atoms with Crippen molar-refractivity contribution in [2.24, 2.45) is 0 Å². The molecule has 0 amide bonds. The van der Waals surface area contributed by atoms with Gasteiger partial charge in [-0.1, -0.05) is 19.8 Å². The van der Waals surface area contributed by atoms with E-state index in [4.69, 9.17) is 4.74 Å². The predicted octanol–water partition coefficient (Wildman–Crippen LogP) is 1.65.